The number of rotatable bonds is 4. The van der Waals surface area contributed by atoms with E-state index in [2.05, 4.69) is 31.0 Å². The molecule has 21 heavy (non-hydrogen) atoms. The van der Waals surface area contributed by atoms with Gasteiger partial charge < -0.3 is 10.1 Å². The highest BCUT2D eigenvalue weighted by Gasteiger charge is 2.20. The van der Waals surface area contributed by atoms with E-state index in [1.54, 1.807) is 18.2 Å². The summed E-state index contributed by atoms with van der Waals surface area (Å²) in [7, 11) is 1.34. The number of carbonyl (C=O) groups is 2. The number of fused-ring (bicyclic) bond motifs is 1. The molecule has 1 heterocycles. The summed E-state index contributed by atoms with van der Waals surface area (Å²) in [5, 5.41) is 3.30. The first kappa shape index (κ1) is 15.9. The molecule has 5 nitrogen and oxygen atoms in total. The highest BCUT2D eigenvalue weighted by Crippen LogP contribution is 2.27. The van der Waals surface area contributed by atoms with Crippen molar-refractivity contribution >= 4 is 54.5 Å². The number of anilines is 1. The van der Waals surface area contributed by atoms with Crippen LogP contribution < -0.4 is 5.32 Å². The normalized spacial score (nSPS) is 12.4. The van der Waals surface area contributed by atoms with E-state index in [4.69, 9.17) is 0 Å². The Balaban J connectivity index is 2.23. The number of ether oxygens (including phenoxy) is 1. The molecule has 0 unspecified atom stereocenters. The van der Waals surface area contributed by atoms with Gasteiger partial charge in [0, 0.05) is 0 Å². The van der Waals surface area contributed by atoms with Crippen molar-refractivity contribution in [1.82, 2.24) is 4.98 Å². The molecular formula is C14H15BrN2O3S. The van der Waals surface area contributed by atoms with Crippen LogP contribution in [0.5, 0.6) is 0 Å². The van der Waals surface area contributed by atoms with E-state index in [0.717, 1.165) is 10.2 Å². The molecule has 1 aromatic carbocycles. The van der Waals surface area contributed by atoms with Crippen LogP contribution in [0.1, 0.15) is 24.2 Å². The average Bonchev–Trinajstić information content (AvgIpc) is 2.86. The maximum Gasteiger partial charge on any atom is 0.337 e. The standard InChI is InChI=1S/C14H15BrN2O3S/c1-7(2)11(15)12(18)17-14-16-9-5-4-8(13(19)20-3)6-10(9)21-14/h4-7,11H,1-3H3,(H,16,17,18)/t11-/m1/s1. The van der Waals surface area contributed by atoms with Gasteiger partial charge in [0.25, 0.3) is 0 Å². The number of aromatic nitrogens is 1. The third-order valence-corrected chi connectivity index (χ3v) is 5.28. The zero-order valence-corrected chi connectivity index (χ0v) is 14.2. The molecule has 0 aliphatic rings. The topological polar surface area (TPSA) is 68.3 Å². The largest absolute Gasteiger partial charge is 0.465 e. The minimum absolute atomic E-state index is 0.128. The Morgan fingerprint density at radius 3 is 2.71 bits per heavy atom. The Labute approximate surface area is 134 Å². The Hall–Kier alpha value is -1.47. The number of methoxy groups -OCH3 is 1. The maximum absolute atomic E-state index is 12.0. The summed E-state index contributed by atoms with van der Waals surface area (Å²) < 4.78 is 5.51. The van der Waals surface area contributed by atoms with Gasteiger partial charge in [-0.1, -0.05) is 41.1 Å². The molecule has 0 saturated heterocycles. The van der Waals surface area contributed by atoms with Crippen molar-refractivity contribution in [3.05, 3.63) is 23.8 Å². The third-order valence-electron chi connectivity index (χ3n) is 2.88. The zero-order chi connectivity index (χ0) is 15.6. The summed E-state index contributed by atoms with van der Waals surface area (Å²) in [6.07, 6.45) is 0. The minimum Gasteiger partial charge on any atom is -0.465 e. The SMILES string of the molecule is COC(=O)c1ccc2nc(NC(=O)[C@H](Br)C(C)C)sc2c1. The maximum atomic E-state index is 12.0. The molecule has 0 saturated carbocycles. The molecular weight excluding hydrogens is 356 g/mol. The fourth-order valence-electron chi connectivity index (χ4n) is 1.70. The molecule has 1 amide bonds. The number of amides is 1. The van der Waals surface area contributed by atoms with Gasteiger partial charge in [-0.15, -0.1) is 0 Å². The number of hydrogen-bond donors (Lipinski definition) is 1. The fraction of sp³-hybridized carbons (Fsp3) is 0.357. The van der Waals surface area contributed by atoms with Gasteiger partial charge in [-0.3, -0.25) is 4.79 Å². The number of nitrogens with one attached hydrogen (secondary N) is 1. The second kappa shape index (κ2) is 6.53. The smallest absolute Gasteiger partial charge is 0.337 e. The lowest BCUT2D eigenvalue weighted by atomic mass is 10.1. The summed E-state index contributed by atoms with van der Waals surface area (Å²) in [6.45, 7) is 3.92. The van der Waals surface area contributed by atoms with E-state index in [-0.39, 0.29) is 16.7 Å². The number of esters is 1. The molecule has 7 heteroatoms. The lowest BCUT2D eigenvalue weighted by Crippen LogP contribution is -2.26. The summed E-state index contributed by atoms with van der Waals surface area (Å²) in [5.74, 6) is -0.334. The van der Waals surface area contributed by atoms with Crippen molar-refractivity contribution in [2.45, 2.75) is 18.7 Å². The summed E-state index contributed by atoms with van der Waals surface area (Å²) in [4.78, 5) is 27.5. The quantitative estimate of drug-likeness (QED) is 0.660. The molecule has 1 aromatic heterocycles. The lowest BCUT2D eigenvalue weighted by Gasteiger charge is -2.11. The highest BCUT2D eigenvalue weighted by atomic mass is 79.9. The molecule has 0 spiro atoms. The Kier molecular flexibility index (Phi) is 4.95. The van der Waals surface area contributed by atoms with Gasteiger partial charge in [0.05, 0.1) is 27.7 Å². The predicted octanol–water partition coefficient (Wildman–Crippen LogP) is 3.44. The zero-order valence-electron chi connectivity index (χ0n) is 11.8. The van der Waals surface area contributed by atoms with Crippen molar-refractivity contribution in [2.24, 2.45) is 5.92 Å². The third kappa shape index (κ3) is 3.59. The minimum atomic E-state index is -0.392. The Morgan fingerprint density at radius 2 is 2.10 bits per heavy atom. The van der Waals surface area contributed by atoms with Crippen LogP contribution in [0, 0.1) is 5.92 Å². The van der Waals surface area contributed by atoms with Crippen LogP contribution in [0.15, 0.2) is 18.2 Å². The molecule has 2 rings (SSSR count). The van der Waals surface area contributed by atoms with Gasteiger partial charge >= 0.3 is 5.97 Å². The molecule has 0 radical (unpaired) electrons. The van der Waals surface area contributed by atoms with Crippen LogP contribution in [-0.4, -0.2) is 28.8 Å². The first-order valence-electron chi connectivity index (χ1n) is 6.36. The molecule has 0 aliphatic carbocycles. The number of nitrogens with zero attached hydrogens (tertiary/aromatic N) is 1. The molecule has 0 fully saturated rings. The monoisotopic (exact) mass is 370 g/mol. The second-order valence-electron chi connectivity index (χ2n) is 4.83. The fourth-order valence-corrected chi connectivity index (χ4v) is 2.72. The predicted molar refractivity (Wildman–Crippen MR) is 87.1 cm³/mol. The van der Waals surface area contributed by atoms with Gasteiger partial charge in [-0.2, -0.15) is 0 Å². The van der Waals surface area contributed by atoms with Crippen molar-refractivity contribution in [3.63, 3.8) is 0 Å². The van der Waals surface area contributed by atoms with E-state index in [1.807, 2.05) is 13.8 Å². The number of carbonyl (C=O) groups excluding carboxylic acids is 2. The van der Waals surface area contributed by atoms with E-state index in [1.165, 1.54) is 18.4 Å². The second-order valence-corrected chi connectivity index (χ2v) is 6.85. The number of halogens is 1. The summed E-state index contributed by atoms with van der Waals surface area (Å²) in [5.41, 5.74) is 1.20. The molecule has 112 valence electrons. The van der Waals surface area contributed by atoms with Crippen LogP contribution in [-0.2, 0) is 9.53 Å². The molecule has 0 bridgehead atoms. The van der Waals surface area contributed by atoms with Gasteiger partial charge in [0.2, 0.25) is 5.91 Å². The van der Waals surface area contributed by atoms with Crippen molar-refractivity contribution in [3.8, 4) is 0 Å². The van der Waals surface area contributed by atoms with Crippen LogP contribution >= 0.6 is 27.3 Å². The molecule has 1 N–H and O–H groups in total. The van der Waals surface area contributed by atoms with E-state index in [0.29, 0.717) is 10.7 Å². The van der Waals surface area contributed by atoms with Gasteiger partial charge in [-0.05, 0) is 24.1 Å². The van der Waals surface area contributed by atoms with E-state index in [9.17, 15) is 9.59 Å². The average molecular weight is 371 g/mol. The molecule has 2 aromatic rings. The van der Waals surface area contributed by atoms with Crippen LogP contribution in [0.3, 0.4) is 0 Å². The first-order chi connectivity index (χ1) is 9.92. The number of benzene rings is 1. The Morgan fingerprint density at radius 1 is 1.38 bits per heavy atom. The van der Waals surface area contributed by atoms with E-state index >= 15 is 0 Å². The van der Waals surface area contributed by atoms with Crippen LogP contribution in [0.25, 0.3) is 10.2 Å². The summed E-state index contributed by atoms with van der Waals surface area (Å²) >= 11 is 4.68. The highest BCUT2D eigenvalue weighted by molar-refractivity contribution is 9.10. The molecule has 0 aliphatic heterocycles. The molecule has 1 atom stereocenters. The van der Waals surface area contributed by atoms with Crippen molar-refractivity contribution < 1.29 is 14.3 Å². The summed E-state index contributed by atoms with van der Waals surface area (Å²) in [6, 6.07) is 5.10. The van der Waals surface area contributed by atoms with Gasteiger partial charge in [0.15, 0.2) is 5.13 Å². The number of hydrogen-bond acceptors (Lipinski definition) is 5. The van der Waals surface area contributed by atoms with Crippen LogP contribution in [0.4, 0.5) is 5.13 Å². The first-order valence-corrected chi connectivity index (χ1v) is 8.09. The van der Waals surface area contributed by atoms with Crippen molar-refractivity contribution in [2.75, 3.05) is 12.4 Å². The van der Waals surface area contributed by atoms with E-state index < -0.39 is 5.97 Å². The number of alkyl halides is 1. The van der Waals surface area contributed by atoms with Gasteiger partial charge in [0.1, 0.15) is 0 Å². The lowest BCUT2D eigenvalue weighted by molar-refractivity contribution is -0.116. The Bertz CT molecular complexity index is 684. The van der Waals surface area contributed by atoms with Crippen molar-refractivity contribution in [1.29, 1.82) is 0 Å². The number of thiazole rings is 1. The van der Waals surface area contributed by atoms with Crippen LogP contribution in [0.2, 0.25) is 0 Å². The van der Waals surface area contributed by atoms with Gasteiger partial charge in [-0.25, -0.2) is 9.78 Å².